The molecule has 0 spiro atoms. The second-order valence-electron chi connectivity index (χ2n) is 3.85. The van der Waals surface area contributed by atoms with Crippen LogP contribution in [-0.4, -0.2) is 39.5 Å². The van der Waals surface area contributed by atoms with Crippen molar-refractivity contribution in [1.29, 1.82) is 0 Å². The van der Waals surface area contributed by atoms with Crippen molar-refractivity contribution in [2.45, 2.75) is 18.1 Å². The van der Waals surface area contributed by atoms with Gasteiger partial charge in [-0.2, -0.15) is 16.7 Å². The quantitative estimate of drug-likeness (QED) is 0.643. The van der Waals surface area contributed by atoms with Gasteiger partial charge in [0.2, 0.25) is 5.82 Å². The van der Waals surface area contributed by atoms with Crippen molar-refractivity contribution in [3.63, 3.8) is 0 Å². The number of thioether (sulfide) groups is 1. The molecule has 1 fully saturated rings. The number of aromatic nitrogens is 2. The van der Waals surface area contributed by atoms with Crippen molar-refractivity contribution in [3.8, 4) is 5.88 Å². The Morgan fingerprint density at radius 1 is 1.67 bits per heavy atom. The van der Waals surface area contributed by atoms with E-state index in [1.165, 1.54) is 19.9 Å². The van der Waals surface area contributed by atoms with Gasteiger partial charge < -0.3 is 10.1 Å². The van der Waals surface area contributed by atoms with Crippen molar-refractivity contribution in [1.82, 2.24) is 9.97 Å². The van der Waals surface area contributed by atoms with Crippen LogP contribution in [0.2, 0.25) is 0 Å². The molecule has 1 aromatic rings. The SMILES string of the molecule is COc1ncnc(NCC2CCCS2)c1[N+](=O)[O-]. The van der Waals surface area contributed by atoms with Crippen molar-refractivity contribution in [2.75, 3.05) is 24.7 Å². The van der Waals surface area contributed by atoms with E-state index in [4.69, 9.17) is 4.74 Å². The topological polar surface area (TPSA) is 90.2 Å². The molecule has 1 unspecified atom stereocenters. The predicted molar refractivity (Wildman–Crippen MR) is 69.2 cm³/mol. The summed E-state index contributed by atoms with van der Waals surface area (Å²) in [7, 11) is 1.35. The molecule has 1 saturated heterocycles. The van der Waals surface area contributed by atoms with Crippen LogP contribution in [0.4, 0.5) is 11.5 Å². The average molecular weight is 270 g/mol. The highest BCUT2D eigenvalue weighted by molar-refractivity contribution is 8.00. The lowest BCUT2D eigenvalue weighted by atomic mass is 10.2. The molecule has 0 aromatic carbocycles. The van der Waals surface area contributed by atoms with Gasteiger partial charge in [-0.3, -0.25) is 10.1 Å². The smallest absolute Gasteiger partial charge is 0.372 e. The van der Waals surface area contributed by atoms with E-state index in [0.717, 1.165) is 12.2 Å². The fourth-order valence-corrected chi connectivity index (χ4v) is 3.02. The molecule has 2 rings (SSSR count). The highest BCUT2D eigenvalue weighted by Gasteiger charge is 2.25. The molecule has 1 N–H and O–H groups in total. The monoisotopic (exact) mass is 270 g/mol. The van der Waals surface area contributed by atoms with E-state index in [1.807, 2.05) is 11.8 Å². The van der Waals surface area contributed by atoms with E-state index in [-0.39, 0.29) is 17.4 Å². The summed E-state index contributed by atoms with van der Waals surface area (Å²) in [6, 6.07) is 0. The van der Waals surface area contributed by atoms with Gasteiger partial charge in [0.15, 0.2) is 0 Å². The lowest BCUT2D eigenvalue weighted by Gasteiger charge is -2.11. The van der Waals surface area contributed by atoms with Crippen LogP contribution in [0.3, 0.4) is 0 Å². The van der Waals surface area contributed by atoms with Gasteiger partial charge in [-0.15, -0.1) is 0 Å². The number of hydrogen-bond acceptors (Lipinski definition) is 7. The zero-order chi connectivity index (χ0) is 13.0. The largest absolute Gasteiger partial charge is 0.476 e. The molecular formula is C10H14N4O3S. The van der Waals surface area contributed by atoms with Crippen LogP contribution in [0.25, 0.3) is 0 Å². The van der Waals surface area contributed by atoms with Gasteiger partial charge in [-0.1, -0.05) is 0 Å². The summed E-state index contributed by atoms with van der Waals surface area (Å²) in [5.74, 6) is 1.36. The molecule has 1 atom stereocenters. The second kappa shape index (κ2) is 5.85. The first-order valence-electron chi connectivity index (χ1n) is 5.61. The van der Waals surface area contributed by atoms with Crippen molar-refractivity contribution < 1.29 is 9.66 Å². The Labute approximate surface area is 108 Å². The van der Waals surface area contributed by atoms with Gasteiger partial charge in [0.05, 0.1) is 12.0 Å². The summed E-state index contributed by atoms with van der Waals surface area (Å²) >= 11 is 1.88. The highest BCUT2D eigenvalue weighted by Crippen LogP contribution is 2.31. The maximum absolute atomic E-state index is 11.0. The normalized spacial score (nSPS) is 18.6. The molecule has 0 amide bonds. The van der Waals surface area contributed by atoms with Crippen LogP contribution in [0.1, 0.15) is 12.8 Å². The van der Waals surface area contributed by atoms with Crippen LogP contribution >= 0.6 is 11.8 Å². The molecule has 1 aliphatic heterocycles. The molecule has 1 aromatic heterocycles. The van der Waals surface area contributed by atoms with Gasteiger partial charge in [0, 0.05) is 11.8 Å². The Bertz CT molecular complexity index is 437. The van der Waals surface area contributed by atoms with Crippen LogP contribution in [0, 0.1) is 10.1 Å². The van der Waals surface area contributed by atoms with Crippen molar-refractivity contribution in [2.24, 2.45) is 0 Å². The van der Waals surface area contributed by atoms with Crippen LogP contribution in [0.15, 0.2) is 6.33 Å². The van der Waals surface area contributed by atoms with Crippen LogP contribution in [-0.2, 0) is 0 Å². The molecule has 0 radical (unpaired) electrons. The number of anilines is 1. The Morgan fingerprint density at radius 2 is 2.50 bits per heavy atom. The second-order valence-corrected chi connectivity index (χ2v) is 5.26. The predicted octanol–water partition coefficient (Wildman–Crippen LogP) is 1.70. The number of methoxy groups -OCH3 is 1. The third-order valence-electron chi connectivity index (χ3n) is 2.69. The van der Waals surface area contributed by atoms with Gasteiger partial charge in [0.1, 0.15) is 6.33 Å². The first kappa shape index (κ1) is 12.9. The number of ether oxygens (including phenoxy) is 1. The maximum atomic E-state index is 11.0. The Hall–Kier alpha value is -1.57. The Morgan fingerprint density at radius 3 is 3.11 bits per heavy atom. The fourth-order valence-electron chi connectivity index (χ4n) is 1.82. The summed E-state index contributed by atoms with van der Waals surface area (Å²) < 4.78 is 4.88. The molecule has 8 heteroatoms. The van der Waals surface area contributed by atoms with E-state index in [9.17, 15) is 10.1 Å². The number of nitro groups is 1. The lowest BCUT2D eigenvalue weighted by Crippen LogP contribution is -2.16. The van der Waals surface area contributed by atoms with Gasteiger partial charge in [-0.05, 0) is 18.6 Å². The average Bonchev–Trinajstić information content (AvgIpc) is 2.88. The molecule has 0 bridgehead atoms. The summed E-state index contributed by atoms with van der Waals surface area (Å²) in [6.45, 7) is 0.672. The van der Waals surface area contributed by atoms with E-state index in [1.54, 1.807) is 0 Å². The van der Waals surface area contributed by atoms with Crippen molar-refractivity contribution >= 4 is 23.3 Å². The first-order valence-corrected chi connectivity index (χ1v) is 6.66. The Balaban J connectivity index is 2.13. The summed E-state index contributed by atoms with van der Waals surface area (Å²) in [4.78, 5) is 18.1. The molecule has 98 valence electrons. The minimum atomic E-state index is -0.525. The van der Waals surface area contributed by atoms with Gasteiger partial charge in [0.25, 0.3) is 5.88 Å². The maximum Gasteiger partial charge on any atom is 0.372 e. The van der Waals surface area contributed by atoms with E-state index >= 15 is 0 Å². The summed E-state index contributed by atoms with van der Waals surface area (Å²) in [6.07, 6.45) is 3.59. The fraction of sp³-hybridized carbons (Fsp3) is 0.600. The molecule has 18 heavy (non-hydrogen) atoms. The minimum absolute atomic E-state index is 0.0171. The van der Waals surface area contributed by atoms with Crippen LogP contribution in [0.5, 0.6) is 5.88 Å². The standard InChI is InChI=1S/C10H14N4O3S/c1-17-10-8(14(15)16)9(12-6-13-10)11-5-7-3-2-4-18-7/h6-7H,2-5H2,1H3,(H,11,12,13). The molecule has 0 saturated carbocycles. The number of nitrogens with zero attached hydrogens (tertiary/aromatic N) is 3. The summed E-state index contributed by atoms with van der Waals surface area (Å²) in [5, 5.41) is 14.5. The van der Waals surface area contributed by atoms with E-state index in [0.29, 0.717) is 11.8 Å². The van der Waals surface area contributed by atoms with Gasteiger partial charge in [-0.25, -0.2) is 4.98 Å². The minimum Gasteiger partial charge on any atom is -0.476 e. The third kappa shape index (κ3) is 2.81. The zero-order valence-corrected chi connectivity index (χ0v) is 10.8. The van der Waals surface area contributed by atoms with E-state index in [2.05, 4.69) is 15.3 Å². The first-order chi connectivity index (χ1) is 8.72. The van der Waals surface area contributed by atoms with Crippen LogP contribution < -0.4 is 10.1 Å². The van der Waals surface area contributed by atoms with Gasteiger partial charge >= 0.3 is 5.69 Å². The molecule has 1 aliphatic rings. The number of nitrogens with one attached hydrogen (secondary N) is 1. The summed E-state index contributed by atoms with van der Waals surface area (Å²) in [5.41, 5.74) is -0.206. The highest BCUT2D eigenvalue weighted by atomic mass is 32.2. The van der Waals surface area contributed by atoms with Crippen molar-refractivity contribution in [3.05, 3.63) is 16.4 Å². The zero-order valence-electron chi connectivity index (χ0n) is 9.96. The number of rotatable bonds is 5. The third-order valence-corrected chi connectivity index (χ3v) is 4.08. The molecule has 7 nitrogen and oxygen atoms in total. The van der Waals surface area contributed by atoms with E-state index < -0.39 is 4.92 Å². The lowest BCUT2D eigenvalue weighted by molar-refractivity contribution is -0.385. The number of hydrogen-bond donors (Lipinski definition) is 1. The Kier molecular flexibility index (Phi) is 4.19. The molecule has 0 aliphatic carbocycles. The molecule has 2 heterocycles. The molecular weight excluding hydrogens is 256 g/mol.